The van der Waals surface area contributed by atoms with Crippen LogP contribution in [0, 0.1) is 0 Å². The Labute approximate surface area is 914 Å². The van der Waals surface area contributed by atoms with E-state index in [0.29, 0.717) is 17.1 Å². The number of nitrogens with zero attached hydrogens (tertiary/aromatic N) is 12. The van der Waals surface area contributed by atoms with Crippen LogP contribution >= 0.6 is 0 Å². The molecule has 18 nitrogen and oxygen atoms in total. The van der Waals surface area contributed by atoms with Gasteiger partial charge in [-0.1, -0.05) is 355 Å². The molecule has 23 aromatic rings. The van der Waals surface area contributed by atoms with E-state index in [4.69, 9.17) is 29.9 Å². The first-order valence-electron chi connectivity index (χ1n) is 49.8. The second-order valence-electron chi connectivity index (χ2n) is 44.4. The molecule has 0 atom stereocenters. The fraction of sp³-hybridized carbons (Fsp3) is 0.186. The maximum atomic E-state index is 12.4. The summed E-state index contributed by atoms with van der Waals surface area (Å²) in [4.78, 5) is 81.7. The van der Waals surface area contributed by atoms with Crippen molar-refractivity contribution in [2.45, 2.75) is 157 Å². The maximum absolute atomic E-state index is 12.4. The summed E-state index contributed by atoms with van der Waals surface area (Å²) in [6, 6.07) is 114. The molecule has 0 aliphatic carbocycles. The number of imidazole rings is 3. The van der Waals surface area contributed by atoms with Crippen molar-refractivity contribution in [3.8, 4) is 107 Å². The van der Waals surface area contributed by atoms with E-state index in [0.717, 1.165) is 189 Å². The zero-order valence-electron chi connectivity index (χ0n) is 86.7. The Morgan fingerprint density at radius 1 is 0.227 bits per heavy atom. The number of carboxylic acid groups (broad SMARTS) is 3. The number of carboxylic acids is 3. The molecule has 0 aliphatic rings. The summed E-state index contributed by atoms with van der Waals surface area (Å²) in [6.07, 6.45) is 0. The standard InChI is InChI=1S/2C45H40N4O2.C39H36N4O2.3Pt/c1-44(2,3)29-20-21-36-33(24-29)34-25-30(45(4,5)6)26-35(40(34)47-36)42-48-41-32(18-13-19-39(41)49(42)31-16-11-8-12-17-31)37-22-28(23-38(46-37)43(50)51)27-14-9-7-10-15-27;1-44(2,3)29-21-22-37-33(24-29)34-25-30(45(4,5)6)26-35(40(34)47-37)42-48-41-32(36-18-12-19-38(46-36)43(50)51)17-11-20-39(41)49(42)31-16-10-15-28(23-31)27-13-8-7-9-14-27;1-38(2,3)23-18-19-31-27(20-23)28-21-24(39(4,5)6)22-29(34(28)41-31)36-42-35-26(30-15-11-16-32(40-30)37(44)45)14-10-17-33(35)43(36)25-12-8-7-9-13-25;;;/h2*7-26H,1-6H3,(H2,46,47,48,50,51);7-22H,1-6H3,(H2,40,41,42,44,45);;;/p-3. The molecule has 150 heavy (non-hydrogen) atoms. The van der Waals surface area contributed by atoms with Crippen molar-refractivity contribution in [3.63, 3.8) is 0 Å². The predicted octanol–water partition coefficient (Wildman–Crippen LogP) is 31.3. The fourth-order valence-electron chi connectivity index (χ4n) is 19.8. The van der Waals surface area contributed by atoms with E-state index in [2.05, 4.69) is 335 Å². The zero-order valence-corrected chi connectivity index (χ0v) is 93.5. The van der Waals surface area contributed by atoms with Crippen LogP contribution in [0.2, 0.25) is 0 Å². The van der Waals surface area contributed by atoms with Crippen molar-refractivity contribution in [3.05, 3.63) is 390 Å². The van der Waals surface area contributed by atoms with Crippen molar-refractivity contribution < 1.29 is 92.9 Å². The van der Waals surface area contributed by atoms with Crippen molar-refractivity contribution in [2.24, 2.45) is 0 Å². The van der Waals surface area contributed by atoms with E-state index in [1.54, 1.807) is 18.2 Å². The Balaban J connectivity index is 0.000000146. The molecular formula is C129H113N12O6Pt3-3. The number of benzene rings is 14. The number of hydrogen-bond donors (Lipinski definition) is 3. The van der Waals surface area contributed by atoms with E-state index in [-0.39, 0.29) is 113 Å². The SMILES string of the molecule is CC(C)(C)c1ccc2[n-]c3c(-c4nc5c(-c6cc(-c7ccccc7)cc(C(=O)O)n6)cccc5n4-c4ccccc4)cc(C(C)(C)C)cc3c2c1.CC(C)(C)c1ccc2[n-]c3c(-c4nc5c(-c6cccc(C(=O)O)n6)cccc5n4-c4cccc(-c5ccccc5)c4)cc(C(C)(C)C)cc3c2c1.CC(C)(C)c1ccc2[n-]c3c(-c4nc5c(-c6cccc(C(=O)O)n6)cccc5n4-c4ccccc4)cc(C(C)(C)C)cc3c2c1.[Pt].[Pt].[Pt]. The minimum absolute atomic E-state index is 0. The minimum Gasteiger partial charge on any atom is -0.656 e. The van der Waals surface area contributed by atoms with E-state index in [1.165, 1.54) is 45.5 Å². The summed E-state index contributed by atoms with van der Waals surface area (Å²) in [5.41, 5.74) is 30.9. The Hall–Kier alpha value is -15.2. The molecule has 23 rings (SSSR count). The molecule has 0 aliphatic heterocycles. The maximum Gasteiger partial charge on any atom is 0.354 e. The number of fused-ring (bicyclic) bond motifs is 12. The summed E-state index contributed by atoms with van der Waals surface area (Å²) in [7, 11) is 0. The largest absolute Gasteiger partial charge is 0.656 e. The predicted molar refractivity (Wildman–Crippen MR) is 598 cm³/mol. The van der Waals surface area contributed by atoms with Gasteiger partial charge in [-0.25, -0.2) is 44.3 Å². The normalized spacial score (nSPS) is 12.1. The molecular weight excluding hydrogens is 2400 g/mol. The van der Waals surface area contributed by atoms with Crippen LogP contribution in [0.5, 0.6) is 0 Å². The number of carbonyl (C=O) groups is 3. The van der Waals surface area contributed by atoms with Crippen molar-refractivity contribution in [1.82, 2.24) is 58.6 Å². The third-order valence-electron chi connectivity index (χ3n) is 28.0. The van der Waals surface area contributed by atoms with Crippen LogP contribution in [0.25, 0.3) is 206 Å². The Kier molecular flexibility index (Phi) is 28.2. The van der Waals surface area contributed by atoms with Gasteiger partial charge in [0.1, 0.15) is 34.6 Å². The smallest absolute Gasteiger partial charge is 0.354 e. The first kappa shape index (κ1) is 105. The van der Waals surface area contributed by atoms with E-state index in [9.17, 15) is 29.7 Å². The number of pyridine rings is 3. The van der Waals surface area contributed by atoms with Crippen molar-refractivity contribution in [2.75, 3.05) is 0 Å². The molecule has 0 unspecified atom stereocenters. The Morgan fingerprint density at radius 2 is 0.507 bits per heavy atom. The van der Waals surface area contributed by atoms with Gasteiger partial charge in [-0.3, -0.25) is 13.7 Å². The molecule has 14 aromatic carbocycles. The van der Waals surface area contributed by atoms with Crippen LogP contribution in [-0.2, 0) is 95.7 Å². The second-order valence-corrected chi connectivity index (χ2v) is 44.4. The molecule has 9 heterocycles. The Morgan fingerprint density at radius 3 is 0.840 bits per heavy atom. The number of hydrogen-bond acceptors (Lipinski definition) is 9. The second kappa shape index (κ2) is 40.4. The molecule has 3 N–H and O–H groups in total. The number of para-hydroxylation sites is 5. The topological polar surface area (TPSA) is 246 Å². The molecule has 0 bridgehead atoms. The van der Waals surface area contributed by atoms with Gasteiger partial charge in [-0.05, 0) is 230 Å². The summed E-state index contributed by atoms with van der Waals surface area (Å²) >= 11 is 0. The number of rotatable bonds is 14. The van der Waals surface area contributed by atoms with Gasteiger partial charge < -0.3 is 30.3 Å². The Bertz CT molecular complexity index is 9210. The third kappa shape index (κ3) is 20.0. The van der Waals surface area contributed by atoms with Crippen molar-refractivity contribution >= 4 is 116 Å². The van der Waals surface area contributed by atoms with Crippen LogP contribution in [0.4, 0.5) is 0 Å². The molecule has 21 heteroatoms. The van der Waals surface area contributed by atoms with Crippen LogP contribution in [-0.4, -0.2) is 76.8 Å². The van der Waals surface area contributed by atoms with Gasteiger partial charge in [0.05, 0.1) is 50.2 Å². The number of aromatic carboxylic acids is 3. The van der Waals surface area contributed by atoms with Crippen LogP contribution in [0.1, 0.15) is 189 Å². The van der Waals surface area contributed by atoms with Gasteiger partial charge in [0.15, 0.2) is 0 Å². The summed E-state index contributed by atoms with van der Waals surface area (Å²) in [5, 5.41) is 36.2. The summed E-state index contributed by atoms with van der Waals surface area (Å²) in [5.74, 6) is -0.929. The first-order valence-corrected chi connectivity index (χ1v) is 49.8. The molecule has 758 valence electrons. The molecule has 9 aromatic heterocycles. The fourth-order valence-corrected chi connectivity index (χ4v) is 19.8. The van der Waals surface area contributed by atoms with Gasteiger partial charge in [-0.15, -0.1) is 33.1 Å². The quantitative estimate of drug-likeness (QED) is 0.0916. The molecule has 0 spiro atoms. The first-order chi connectivity index (χ1) is 70.1. The molecule has 0 radical (unpaired) electrons. The van der Waals surface area contributed by atoms with E-state index in [1.807, 2.05) is 127 Å². The van der Waals surface area contributed by atoms with Gasteiger partial charge in [0, 0.05) is 114 Å². The van der Waals surface area contributed by atoms with Crippen LogP contribution < -0.4 is 15.0 Å². The summed E-state index contributed by atoms with van der Waals surface area (Å²) in [6.45, 7) is 40.3. The molecule has 0 amide bonds. The molecule has 0 fully saturated rings. The van der Waals surface area contributed by atoms with Crippen LogP contribution in [0.15, 0.2) is 340 Å². The van der Waals surface area contributed by atoms with Crippen molar-refractivity contribution in [1.29, 1.82) is 0 Å². The van der Waals surface area contributed by atoms with Gasteiger partial charge in [0.25, 0.3) is 0 Å². The van der Waals surface area contributed by atoms with E-state index < -0.39 is 17.9 Å². The minimum atomic E-state index is -1.08. The average molecular weight is 2510 g/mol. The molecule has 0 saturated carbocycles. The van der Waals surface area contributed by atoms with Gasteiger partial charge >= 0.3 is 17.9 Å². The van der Waals surface area contributed by atoms with E-state index >= 15 is 0 Å². The van der Waals surface area contributed by atoms with Crippen LogP contribution in [0.3, 0.4) is 0 Å². The third-order valence-corrected chi connectivity index (χ3v) is 28.0. The zero-order chi connectivity index (χ0) is 103. The monoisotopic (exact) mass is 2510 g/mol. The number of aromatic nitrogens is 12. The summed E-state index contributed by atoms with van der Waals surface area (Å²) < 4.78 is 6.59. The molecule has 0 saturated heterocycles. The van der Waals surface area contributed by atoms with Gasteiger partial charge in [0.2, 0.25) is 0 Å². The average Bonchev–Trinajstić information content (AvgIpc) is 1.57. The van der Waals surface area contributed by atoms with Gasteiger partial charge in [-0.2, -0.15) is 0 Å².